The average Bonchev–Trinajstić information content (AvgIpc) is 2.60. The zero-order valence-electron chi connectivity index (χ0n) is 12.9. The van der Waals surface area contributed by atoms with Gasteiger partial charge in [-0.05, 0) is 29.8 Å². The fraction of sp³-hybridized carbons (Fsp3) is 0.0625. The highest BCUT2D eigenvalue weighted by molar-refractivity contribution is 5.91. The largest absolute Gasteiger partial charge is 0.493 e. The summed E-state index contributed by atoms with van der Waals surface area (Å²) in [5.41, 5.74) is 0.477. The Morgan fingerprint density at radius 2 is 1.72 bits per heavy atom. The highest BCUT2D eigenvalue weighted by Crippen LogP contribution is 2.29. The lowest BCUT2D eigenvalue weighted by Gasteiger charge is -2.09. The molecule has 9 nitrogen and oxygen atoms in total. The molecule has 0 bridgehead atoms. The maximum absolute atomic E-state index is 12.1. The number of rotatable bonds is 6. The van der Waals surface area contributed by atoms with Gasteiger partial charge in [-0.15, -0.1) is 0 Å². The number of nitrogens with zero attached hydrogens (tertiary/aromatic N) is 2. The second-order valence-corrected chi connectivity index (χ2v) is 4.70. The molecule has 0 aliphatic heterocycles. The van der Waals surface area contributed by atoms with Crippen molar-refractivity contribution in [3.05, 3.63) is 80.0 Å². The predicted molar refractivity (Wildman–Crippen MR) is 87.1 cm³/mol. The molecule has 0 unspecified atom stereocenters. The Labute approximate surface area is 141 Å². The lowest BCUT2D eigenvalue weighted by molar-refractivity contribution is -0.400. The van der Waals surface area contributed by atoms with E-state index in [1.54, 1.807) is 0 Å². The fourth-order valence-corrected chi connectivity index (χ4v) is 1.90. The van der Waals surface area contributed by atoms with E-state index in [1.165, 1.54) is 55.7 Å². The van der Waals surface area contributed by atoms with Crippen LogP contribution in [0.4, 0.5) is 5.69 Å². The van der Waals surface area contributed by atoms with Gasteiger partial charge >= 0.3 is 5.97 Å². The molecule has 2 aromatic carbocycles. The Hall–Kier alpha value is -3.75. The molecule has 2 rings (SSSR count). The Bertz CT molecular complexity index is 844. The van der Waals surface area contributed by atoms with Crippen LogP contribution in [-0.4, -0.2) is 22.9 Å². The first-order valence-electron chi connectivity index (χ1n) is 6.87. The minimum absolute atomic E-state index is 0.115. The highest BCUT2D eigenvalue weighted by Gasteiger charge is 2.14. The maximum atomic E-state index is 12.1. The van der Waals surface area contributed by atoms with E-state index in [-0.39, 0.29) is 22.7 Å². The van der Waals surface area contributed by atoms with E-state index in [1.807, 2.05) is 0 Å². The van der Waals surface area contributed by atoms with Crippen LogP contribution >= 0.6 is 0 Å². The number of non-ortho nitro benzene ring substituents is 1. The number of hydrogen-bond donors (Lipinski definition) is 0. The molecule has 0 radical (unpaired) electrons. The molecular weight excluding hydrogens is 332 g/mol. The smallest absolute Gasteiger partial charge is 0.343 e. The van der Waals surface area contributed by atoms with Gasteiger partial charge in [-0.1, -0.05) is 6.07 Å². The summed E-state index contributed by atoms with van der Waals surface area (Å²) in [6, 6.07) is 9.36. The number of benzene rings is 2. The van der Waals surface area contributed by atoms with Crippen molar-refractivity contribution in [3.8, 4) is 11.5 Å². The van der Waals surface area contributed by atoms with Crippen molar-refractivity contribution in [1.29, 1.82) is 0 Å². The van der Waals surface area contributed by atoms with Crippen molar-refractivity contribution >= 4 is 17.7 Å². The summed E-state index contributed by atoms with van der Waals surface area (Å²) in [5.74, 6) is -0.397. The van der Waals surface area contributed by atoms with Gasteiger partial charge in [-0.25, -0.2) is 4.79 Å². The average molecular weight is 344 g/mol. The number of nitro benzene ring substituents is 1. The lowest BCUT2D eigenvalue weighted by Crippen LogP contribution is -2.09. The monoisotopic (exact) mass is 344 g/mol. The molecule has 0 spiro atoms. The minimum atomic E-state index is -0.721. The van der Waals surface area contributed by atoms with E-state index in [2.05, 4.69) is 0 Å². The molecule has 0 N–H and O–H groups in total. The van der Waals surface area contributed by atoms with E-state index in [0.717, 1.165) is 6.20 Å². The van der Waals surface area contributed by atoms with Crippen molar-refractivity contribution in [2.24, 2.45) is 0 Å². The number of esters is 1. The topological polar surface area (TPSA) is 122 Å². The van der Waals surface area contributed by atoms with Gasteiger partial charge in [0, 0.05) is 18.2 Å². The summed E-state index contributed by atoms with van der Waals surface area (Å²) in [5, 5.41) is 20.9. The van der Waals surface area contributed by atoms with Crippen LogP contribution in [0.1, 0.15) is 15.9 Å². The number of carbonyl (C=O) groups excluding carboxylic acids is 1. The number of methoxy groups -OCH3 is 1. The third-order valence-corrected chi connectivity index (χ3v) is 3.09. The van der Waals surface area contributed by atoms with E-state index in [0.29, 0.717) is 5.56 Å². The molecule has 0 atom stereocenters. The van der Waals surface area contributed by atoms with E-state index in [9.17, 15) is 25.0 Å². The van der Waals surface area contributed by atoms with Gasteiger partial charge in [0.05, 0.1) is 22.5 Å². The van der Waals surface area contributed by atoms with Crippen molar-refractivity contribution < 1.29 is 24.1 Å². The summed E-state index contributed by atoms with van der Waals surface area (Å²) < 4.78 is 10.3. The third kappa shape index (κ3) is 4.61. The lowest BCUT2D eigenvalue weighted by atomic mass is 10.2. The zero-order valence-corrected chi connectivity index (χ0v) is 12.9. The van der Waals surface area contributed by atoms with Crippen molar-refractivity contribution in [2.75, 3.05) is 7.11 Å². The van der Waals surface area contributed by atoms with Gasteiger partial charge in [0.15, 0.2) is 11.5 Å². The van der Waals surface area contributed by atoms with Crippen molar-refractivity contribution in [3.63, 3.8) is 0 Å². The second kappa shape index (κ2) is 7.68. The molecule has 0 aliphatic rings. The molecule has 0 saturated carbocycles. The first-order chi connectivity index (χ1) is 11.9. The van der Waals surface area contributed by atoms with Crippen LogP contribution in [0.5, 0.6) is 11.5 Å². The predicted octanol–water partition coefficient (Wildman–Crippen LogP) is 3.07. The van der Waals surface area contributed by atoms with E-state index < -0.39 is 15.8 Å². The Balaban J connectivity index is 2.19. The zero-order chi connectivity index (χ0) is 18.4. The standard InChI is InChI=1S/C16H12N2O7/c1-24-15-10-11(8-9-17(20)21)2-7-14(15)25-16(19)12-3-5-13(6-4-12)18(22)23/h2-10H,1H3/b9-8+. The number of ether oxygens (including phenoxy) is 2. The molecule has 9 heteroatoms. The van der Waals surface area contributed by atoms with Crippen LogP contribution in [0.15, 0.2) is 48.7 Å². The van der Waals surface area contributed by atoms with Crippen LogP contribution in [-0.2, 0) is 0 Å². The number of carbonyl (C=O) groups is 1. The van der Waals surface area contributed by atoms with Gasteiger partial charge in [0.1, 0.15) is 0 Å². The summed E-state index contributed by atoms with van der Waals surface area (Å²) in [6.07, 6.45) is 2.04. The second-order valence-electron chi connectivity index (χ2n) is 4.70. The summed E-state index contributed by atoms with van der Waals surface area (Å²) in [6.45, 7) is 0. The van der Waals surface area contributed by atoms with Crippen LogP contribution in [0, 0.1) is 20.2 Å². The minimum Gasteiger partial charge on any atom is -0.493 e. The number of hydrogen-bond acceptors (Lipinski definition) is 7. The molecular formula is C16H12N2O7. The normalized spacial score (nSPS) is 10.4. The van der Waals surface area contributed by atoms with Gasteiger partial charge in [-0.2, -0.15) is 0 Å². The van der Waals surface area contributed by atoms with E-state index >= 15 is 0 Å². The molecule has 0 heterocycles. The SMILES string of the molecule is COc1cc(/C=C/[N+](=O)[O-])ccc1OC(=O)c1ccc([N+](=O)[O-])cc1. The van der Waals surface area contributed by atoms with Gasteiger partial charge in [-0.3, -0.25) is 20.2 Å². The fourth-order valence-electron chi connectivity index (χ4n) is 1.90. The van der Waals surface area contributed by atoms with Gasteiger partial charge < -0.3 is 9.47 Å². The van der Waals surface area contributed by atoms with Gasteiger partial charge in [0.2, 0.25) is 6.20 Å². The molecule has 0 aliphatic carbocycles. The van der Waals surface area contributed by atoms with Crippen LogP contribution in [0.3, 0.4) is 0 Å². The van der Waals surface area contributed by atoms with Crippen molar-refractivity contribution in [1.82, 2.24) is 0 Å². The summed E-state index contributed by atoms with van der Waals surface area (Å²) in [7, 11) is 1.36. The molecule has 0 amide bonds. The summed E-state index contributed by atoms with van der Waals surface area (Å²) in [4.78, 5) is 31.9. The van der Waals surface area contributed by atoms with E-state index in [4.69, 9.17) is 9.47 Å². The highest BCUT2D eigenvalue weighted by atomic mass is 16.6. The van der Waals surface area contributed by atoms with Crippen LogP contribution in [0.2, 0.25) is 0 Å². The van der Waals surface area contributed by atoms with Gasteiger partial charge in [0.25, 0.3) is 5.69 Å². The molecule has 0 aromatic heterocycles. The number of nitro groups is 2. The molecule has 2 aromatic rings. The first-order valence-corrected chi connectivity index (χ1v) is 6.87. The van der Waals surface area contributed by atoms with Crippen molar-refractivity contribution in [2.45, 2.75) is 0 Å². The maximum Gasteiger partial charge on any atom is 0.343 e. The quantitative estimate of drug-likeness (QED) is 0.341. The molecule has 128 valence electrons. The summed E-state index contributed by atoms with van der Waals surface area (Å²) >= 11 is 0. The molecule has 0 saturated heterocycles. The Kier molecular flexibility index (Phi) is 5.41. The van der Waals surface area contributed by atoms with Crippen LogP contribution < -0.4 is 9.47 Å². The first kappa shape index (κ1) is 17.6. The Morgan fingerprint density at radius 3 is 2.28 bits per heavy atom. The third-order valence-electron chi connectivity index (χ3n) is 3.09. The molecule has 25 heavy (non-hydrogen) atoms. The Morgan fingerprint density at radius 1 is 1.04 bits per heavy atom. The molecule has 0 fully saturated rings. The van der Waals surface area contributed by atoms with Crippen LogP contribution in [0.25, 0.3) is 6.08 Å².